The molecule has 0 unspecified atom stereocenters. The van der Waals surface area contributed by atoms with Gasteiger partial charge in [0.2, 0.25) is 0 Å². The highest BCUT2D eigenvalue weighted by atomic mass is 16.4. The number of benzene rings is 1. The fourth-order valence-electron chi connectivity index (χ4n) is 2.75. The van der Waals surface area contributed by atoms with Crippen molar-refractivity contribution < 1.29 is 4.42 Å². The van der Waals surface area contributed by atoms with E-state index in [1.165, 1.54) is 51.0 Å². The predicted molar refractivity (Wildman–Crippen MR) is 93.7 cm³/mol. The van der Waals surface area contributed by atoms with Crippen LogP contribution in [0.25, 0.3) is 11.0 Å². The maximum Gasteiger partial charge on any atom is 0.336 e. The monoisotopic (exact) mass is 301 g/mol. The zero-order valence-electron chi connectivity index (χ0n) is 13.8. The van der Waals surface area contributed by atoms with Gasteiger partial charge in [0.15, 0.2) is 0 Å². The van der Waals surface area contributed by atoms with E-state index in [1.807, 2.05) is 19.1 Å². The number of fused-ring (bicyclic) bond motifs is 1. The lowest BCUT2D eigenvalue weighted by atomic mass is 10.1. The normalized spacial score (nSPS) is 11.0. The Morgan fingerprint density at radius 2 is 1.73 bits per heavy atom. The van der Waals surface area contributed by atoms with Crippen molar-refractivity contribution in [3.05, 3.63) is 40.2 Å². The van der Waals surface area contributed by atoms with Crippen molar-refractivity contribution >= 4 is 16.7 Å². The zero-order chi connectivity index (χ0) is 15.8. The van der Waals surface area contributed by atoms with Crippen LogP contribution in [0.4, 0.5) is 5.69 Å². The van der Waals surface area contributed by atoms with E-state index in [1.54, 1.807) is 0 Å². The molecule has 2 aromatic rings. The van der Waals surface area contributed by atoms with Crippen molar-refractivity contribution in [3.8, 4) is 0 Å². The number of aryl methyl sites for hydroxylation is 1. The highest BCUT2D eigenvalue weighted by Gasteiger charge is 2.03. The van der Waals surface area contributed by atoms with E-state index in [0.717, 1.165) is 23.2 Å². The molecule has 0 aliphatic heterocycles. The molecule has 0 fully saturated rings. The maximum atomic E-state index is 11.4. The quantitative estimate of drug-likeness (QED) is 0.507. The first-order valence-corrected chi connectivity index (χ1v) is 8.49. The first-order chi connectivity index (χ1) is 10.7. The number of anilines is 1. The van der Waals surface area contributed by atoms with E-state index < -0.39 is 0 Å². The van der Waals surface area contributed by atoms with Gasteiger partial charge in [-0.05, 0) is 31.0 Å². The van der Waals surface area contributed by atoms with Crippen LogP contribution < -0.4 is 10.9 Å². The SMILES string of the molecule is CCCCCCCCCNc1ccc2c(C)cc(=O)oc2c1. The molecule has 3 heteroatoms. The first kappa shape index (κ1) is 16.6. The topological polar surface area (TPSA) is 42.2 Å². The van der Waals surface area contributed by atoms with Crippen molar-refractivity contribution in [2.75, 3.05) is 11.9 Å². The van der Waals surface area contributed by atoms with Gasteiger partial charge in [-0.2, -0.15) is 0 Å². The minimum atomic E-state index is -0.283. The lowest BCUT2D eigenvalue weighted by molar-refractivity contribution is 0.560. The molecule has 1 N–H and O–H groups in total. The zero-order valence-corrected chi connectivity index (χ0v) is 13.8. The van der Waals surface area contributed by atoms with Crippen LogP contribution in [0, 0.1) is 6.92 Å². The second kappa shape index (κ2) is 8.62. The Balaban J connectivity index is 1.79. The molecule has 3 nitrogen and oxygen atoms in total. The summed E-state index contributed by atoms with van der Waals surface area (Å²) in [7, 11) is 0. The van der Waals surface area contributed by atoms with E-state index in [2.05, 4.69) is 18.3 Å². The van der Waals surface area contributed by atoms with Gasteiger partial charge in [-0.15, -0.1) is 0 Å². The molecule has 0 bridgehead atoms. The van der Waals surface area contributed by atoms with Gasteiger partial charge in [0.05, 0.1) is 0 Å². The minimum absolute atomic E-state index is 0.283. The van der Waals surface area contributed by atoms with Crippen LogP contribution in [0.5, 0.6) is 0 Å². The molecule has 0 aliphatic rings. The summed E-state index contributed by atoms with van der Waals surface area (Å²) in [5.74, 6) is 0. The van der Waals surface area contributed by atoms with Crippen molar-refractivity contribution in [2.45, 2.75) is 58.8 Å². The van der Waals surface area contributed by atoms with E-state index in [9.17, 15) is 4.79 Å². The van der Waals surface area contributed by atoms with Crippen LogP contribution in [0.3, 0.4) is 0 Å². The molecule has 0 atom stereocenters. The number of hydrogen-bond donors (Lipinski definition) is 1. The van der Waals surface area contributed by atoms with Gasteiger partial charge in [-0.3, -0.25) is 0 Å². The van der Waals surface area contributed by atoms with Gasteiger partial charge in [0, 0.05) is 29.8 Å². The Morgan fingerprint density at radius 1 is 1.00 bits per heavy atom. The Labute approximate surface area is 132 Å². The summed E-state index contributed by atoms with van der Waals surface area (Å²) in [6.07, 6.45) is 9.17. The highest BCUT2D eigenvalue weighted by molar-refractivity contribution is 5.83. The molecule has 1 aromatic heterocycles. The summed E-state index contributed by atoms with van der Waals surface area (Å²) in [6.45, 7) is 5.15. The Bertz CT molecular complexity index is 645. The molecule has 1 heterocycles. The third-order valence-electron chi connectivity index (χ3n) is 4.06. The number of nitrogens with one attached hydrogen (secondary N) is 1. The highest BCUT2D eigenvalue weighted by Crippen LogP contribution is 2.20. The van der Waals surface area contributed by atoms with Gasteiger partial charge in [0.25, 0.3) is 0 Å². The summed E-state index contributed by atoms with van der Waals surface area (Å²) < 4.78 is 5.27. The van der Waals surface area contributed by atoms with E-state index in [4.69, 9.17) is 4.42 Å². The first-order valence-electron chi connectivity index (χ1n) is 8.49. The number of hydrogen-bond acceptors (Lipinski definition) is 3. The molecule has 120 valence electrons. The fraction of sp³-hybridized carbons (Fsp3) is 0.526. The second-order valence-corrected chi connectivity index (χ2v) is 6.01. The van der Waals surface area contributed by atoms with Gasteiger partial charge >= 0.3 is 5.63 Å². The van der Waals surface area contributed by atoms with Crippen LogP contribution >= 0.6 is 0 Å². The average molecular weight is 301 g/mol. The molecule has 0 aliphatic carbocycles. The van der Waals surface area contributed by atoms with E-state index in [0.29, 0.717) is 5.58 Å². The molecule has 0 amide bonds. The molecule has 0 saturated carbocycles. The van der Waals surface area contributed by atoms with Crippen LogP contribution in [-0.4, -0.2) is 6.54 Å². The smallest absolute Gasteiger partial charge is 0.336 e. The Kier molecular flexibility index (Phi) is 6.50. The van der Waals surface area contributed by atoms with Gasteiger partial charge in [-0.25, -0.2) is 4.79 Å². The van der Waals surface area contributed by atoms with Crippen LogP contribution in [0.15, 0.2) is 33.5 Å². The second-order valence-electron chi connectivity index (χ2n) is 6.01. The summed E-state index contributed by atoms with van der Waals surface area (Å²) >= 11 is 0. The summed E-state index contributed by atoms with van der Waals surface area (Å²) in [5.41, 5.74) is 2.36. The Morgan fingerprint density at radius 3 is 2.50 bits per heavy atom. The average Bonchev–Trinajstić information content (AvgIpc) is 2.49. The van der Waals surface area contributed by atoms with Crippen molar-refractivity contribution in [1.82, 2.24) is 0 Å². The van der Waals surface area contributed by atoms with Gasteiger partial charge in [-0.1, -0.05) is 45.4 Å². The van der Waals surface area contributed by atoms with Crippen LogP contribution in [0.2, 0.25) is 0 Å². The molecule has 22 heavy (non-hydrogen) atoms. The molecule has 0 spiro atoms. The molecule has 0 radical (unpaired) electrons. The predicted octanol–water partition coefficient (Wildman–Crippen LogP) is 5.26. The molecule has 0 saturated heterocycles. The van der Waals surface area contributed by atoms with Crippen molar-refractivity contribution in [2.24, 2.45) is 0 Å². The van der Waals surface area contributed by atoms with Crippen LogP contribution in [-0.2, 0) is 0 Å². The standard InChI is InChI=1S/C19H27NO2/c1-3-4-5-6-7-8-9-12-20-16-10-11-17-15(2)13-19(21)22-18(17)14-16/h10-11,13-14,20H,3-9,12H2,1-2H3. The van der Waals surface area contributed by atoms with Crippen LogP contribution in [0.1, 0.15) is 57.4 Å². The Hall–Kier alpha value is -1.77. The van der Waals surface area contributed by atoms with Gasteiger partial charge < -0.3 is 9.73 Å². The molecular formula is C19H27NO2. The molecular weight excluding hydrogens is 274 g/mol. The van der Waals surface area contributed by atoms with Crippen molar-refractivity contribution in [1.29, 1.82) is 0 Å². The van der Waals surface area contributed by atoms with Crippen molar-refractivity contribution in [3.63, 3.8) is 0 Å². The minimum Gasteiger partial charge on any atom is -0.423 e. The lowest BCUT2D eigenvalue weighted by Crippen LogP contribution is -2.02. The number of unbranched alkanes of at least 4 members (excludes halogenated alkanes) is 6. The van der Waals surface area contributed by atoms with E-state index >= 15 is 0 Å². The summed E-state index contributed by atoms with van der Waals surface area (Å²) in [5, 5.41) is 4.42. The third-order valence-corrected chi connectivity index (χ3v) is 4.06. The third kappa shape index (κ3) is 4.90. The maximum absolute atomic E-state index is 11.4. The fourth-order valence-corrected chi connectivity index (χ4v) is 2.75. The number of rotatable bonds is 9. The lowest BCUT2D eigenvalue weighted by Gasteiger charge is -2.08. The summed E-state index contributed by atoms with van der Waals surface area (Å²) in [6, 6.07) is 7.52. The molecule has 2 rings (SSSR count). The largest absolute Gasteiger partial charge is 0.423 e. The van der Waals surface area contributed by atoms with E-state index in [-0.39, 0.29) is 5.63 Å². The van der Waals surface area contributed by atoms with Gasteiger partial charge in [0.1, 0.15) is 5.58 Å². The summed E-state index contributed by atoms with van der Waals surface area (Å²) in [4.78, 5) is 11.4. The molecule has 1 aromatic carbocycles.